The average Bonchev–Trinajstić information content (AvgIpc) is 3.21. The molecule has 0 radical (unpaired) electrons. The third kappa shape index (κ3) is 4.19. The van der Waals surface area contributed by atoms with Crippen LogP contribution < -0.4 is 10.2 Å². The second kappa shape index (κ2) is 8.45. The van der Waals surface area contributed by atoms with Crippen molar-refractivity contribution in [3.63, 3.8) is 0 Å². The fourth-order valence-corrected chi connectivity index (χ4v) is 3.07. The molecule has 7 heteroatoms. The number of benzene rings is 1. The van der Waals surface area contributed by atoms with E-state index in [0.29, 0.717) is 31.1 Å². The molecule has 2 heterocycles. The Morgan fingerprint density at radius 1 is 1.40 bits per heavy atom. The Kier molecular flexibility index (Phi) is 6.56. The zero-order valence-electron chi connectivity index (χ0n) is 14.9. The number of hydrogen-bond acceptors (Lipinski definition) is 5. The van der Waals surface area contributed by atoms with E-state index < -0.39 is 0 Å². The minimum absolute atomic E-state index is 0. The lowest BCUT2D eigenvalue weighted by atomic mass is 10.1. The number of carbonyl (C=O) groups excluding carboxylic acids is 1. The Morgan fingerprint density at radius 3 is 2.88 bits per heavy atom. The fraction of sp³-hybridized carbons (Fsp3) is 0.500. The van der Waals surface area contributed by atoms with E-state index in [4.69, 9.17) is 4.52 Å². The van der Waals surface area contributed by atoms with E-state index >= 15 is 0 Å². The van der Waals surface area contributed by atoms with Crippen molar-refractivity contribution in [2.75, 3.05) is 18.5 Å². The van der Waals surface area contributed by atoms with Gasteiger partial charge in [0.1, 0.15) is 0 Å². The lowest BCUT2D eigenvalue weighted by Gasteiger charge is -2.19. The highest BCUT2D eigenvalue weighted by atomic mass is 35.5. The van der Waals surface area contributed by atoms with E-state index in [1.54, 1.807) is 0 Å². The number of carbonyl (C=O) groups is 1. The first-order valence-electron chi connectivity index (χ1n) is 8.50. The van der Waals surface area contributed by atoms with E-state index in [0.717, 1.165) is 12.1 Å². The lowest BCUT2D eigenvalue weighted by Crippen LogP contribution is -2.25. The third-order valence-electron chi connectivity index (χ3n) is 4.60. The van der Waals surface area contributed by atoms with Gasteiger partial charge in [-0.05, 0) is 32.0 Å². The van der Waals surface area contributed by atoms with Crippen LogP contribution in [-0.4, -0.2) is 35.7 Å². The van der Waals surface area contributed by atoms with Gasteiger partial charge in [0.05, 0.1) is 5.92 Å². The molecule has 1 N–H and O–H groups in total. The monoisotopic (exact) mass is 364 g/mol. The lowest BCUT2D eigenvalue weighted by molar-refractivity contribution is -0.117. The Morgan fingerprint density at radius 2 is 2.16 bits per heavy atom. The molecule has 1 amide bonds. The Bertz CT molecular complexity index is 719. The maximum Gasteiger partial charge on any atom is 0.232 e. The van der Waals surface area contributed by atoms with E-state index in [1.165, 1.54) is 5.56 Å². The molecule has 2 atom stereocenters. The van der Waals surface area contributed by atoms with Gasteiger partial charge in [0.15, 0.2) is 5.82 Å². The number of aryl methyl sites for hydroxylation is 1. The van der Waals surface area contributed by atoms with Crippen molar-refractivity contribution >= 4 is 24.0 Å². The van der Waals surface area contributed by atoms with Gasteiger partial charge in [-0.15, -0.1) is 12.4 Å². The number of nitrogens with one attached hydrogen (secondary N) is 1. The summed E-state index contributed by atoms with van der Waals surface area (Å²) in [5.41, 5.74) is 2.18. The SMILES string of the molecule is CCc1ccccc1N1CC(c2nc(CC(C)NC)no2)CC1=O.Cl. The van der Waals surface area contributed by atoms with Crippen molar-refractivity contribution in [3.05, 3.63) is 41.5 Å². The average molecular weight is 365 g/mol. The normalized spacial score (nSPS) is 18.3. The topological polar surface area (TPSA) is 71.3 Å². The minimum Gasteiger partial charge on any atom is -0.339 e. The first-order valence-corrected chi connectivity index (χ1v) is 8.50. The molecule has 3 rings (SSSR count). The van der Waals surface area contributed by atoms with Gasteiger partial charge in [-0.3, -0.25) is 4.79 Å². The summed E-state index contributed by atoms with van der Waals surface area (Å²) in [6.45, 7) is 4.77. The highest BCUT2D eigenvalue weighted by Crippen LogP contribution is 2.33. The number of likely N-dealkylation sites (N-methyl/N-ethyl adjacent to an activating group) is 1. The van der Waals surface area contributed by atoms with Crippen LogP contribution in [0.4, 0.5) is 5.69 Å². The largest absolute Gasteiger partial charge is 0.339 e. The Hall–Kier alpha value is -1.92. The summed E-state index contributed by atoms with van der Waals surface area (Å²) in [4.78, 5) is 18.8. The second-order valence-electron chi connectivity index (χ2n) is 6.33. The highest BCUT2D eigenvalue weighted by molar-refractivity contribution is 5.97. The molecule has 0 aliphatic carbocycles. The molecule has 2 aromatic rings. The second-order valence-corrected chi connectivity index (χ2v) is 6.33. The molecule has 1 fully saturated rings. The zero-order chi connectivity index (χ0) is 17.1. The van der Waals surface area contributed by atoms with E-state index in [-0.39, 0.29) is 30.3 Å². The molecule has 0 bridgehead atoms. The van der Waals surface area contributed by atoms with Gasteiger partial charge in [-0.25, -0.2) is 0 Å². The molecule has 1 aliphatic heterocycles. The van der Waals surface area contributed by atoms with Crippen LogP contribution in [0.1, 0.15) is 43.5 Å². The van der Waals surface area contributed by atoms with Crippen molar-refractivity contribution in [3.8, 4) is 0 Å². The maximum absolute atomic E-state index is 12.5. The molecule has 1 saturated heterocycles. The van der Waals surface area contributed by atoms with Crippen molar-refractivity contribution in [2.45, 2.75) is 45.1 Å². The molecular weight excluding hydrogens is 340 g/mol. The summed E-state index contributed by atoms with van der Waals surface area (Å²) in [6, 6.07) is 8.34. The van der Waals surface area contributed by atoms with Gasteiger partial charge in [-0.1, -0.05) is 30.3 Å². The smallest absolute Gasteiger partial charge is 0.232 e. The molecule has 6 nitrogen and oxygen atoms in total. The molecule has 0 spiro atoms. The number of amides is 1. The first kappa shape index (κ1) is 19.4. The molecular formula is C18H25ClN4O2. The Balaban J connectivity index is 0.00000225. The van der Waals surface area contributed by atoms with Crippen LogP contribution in [0.25, 0.3) is 0 Å². The van der Waals surface area contributed by atoms with Crippen molar-refractivity contribution in [1.82, 2.24) is 15.5 Å². The zero-order valence-corrected chi connectivity index (χ0v) is 15.7. The van der Waals surface area contributed by atoms with Crippen LogP contribution in [-0.2, 0) is 17.6 Å². The predicted molar refractivity (Wildman–Crippen MR) is 99.3 cm³/mol. The summed E-state index contributed by atoms with van der Waals surface area (Å²) in [6.07, 6.45) is 2.03. The summed E-state index contributed by atoms with van der Waals surface area (Å²) < 4.78 is 5.42. The summed E-state index contributed by atoms with van der Waals surface area (Å²) in [5, 5.41) is 7.21. The van der Waals surface area contributed by atoms with Gasteiger partial charge in [-0.2, -0.15) is 4.98 Å². The van der Waals surface area contributed by atoms with Crippen LogP contribution in [0, 0.1) is 0 Å². The van der Waals surface area contributed by atoms with Gasteiger partial charge >= 0.3 is 0 Å². The van der Waals surface area contributed by atoms with Crippen LogP contribution in [0.15, 0.2) is 28.8 Å². The van der Waals surface area contributed by atoms with Crippen molar-refractivity contribution < 1.29 is 9.32 Å². The number of aromatic nitrogens is 2. The number of rotatable bonds is 6. The number of hydrogen-bond donors (Lipinski definition) is 1. The van der Waals surface area contributed by atoms with Crippen LogP contribution in [0.5, 0.6) is 0 Å². The van der Waals surface area contributed by atoms with E-state index in [9.17, 15) is 4.79 Å². The van der Waals surface area contributed by atoms with E-state index in [2.05, 4.69) is 35.4 Å². The molecule has 1 aromatic carbocycles. The molecule has 0 saturated carbocycles. The molecule has 25 heavy (non-hydrogen) atoms. The van der Waals surface area contributed by atoms with E-state index in [1.807, 2.05) is 30.1 Å². The molecule has 136 valence electrons. The molecule has 2 unspecified atom stereocenters. The van der Waals surface area contributed by atoms with Gasteiger partial charge < -0.3 is 14.7 Å². The predicted octanol–water partition coefficient (Wildman–Crippen LogP) is 2.72. The van der Waals surface area contributed by atoms with Crippen LogP contribution in [0.3, 0.4) is 0 Å². The summed E-state index contributed by atoms with van der Waals surface area (Å²) in [7, 11) is 1.91. The summed E-state index contributed by atoms with van der Waals surface area (Å²) in [5.74, 6) is 1.34. The maximum atomic E-state index is 12.5. The van der Waals surface area contributed by atoms with Crippen molar-refractivity contribution in [2.24, 2.45) is 0 Å². The number of nitrogens with zero attached hydrogens (tertiary/aromatic N) is 3. The molecule has 1 aromatic heterocycles. The van der Waals surface area contributed by atoms with Gasteiger partial charge in [0.25, 0.3) is 0 Å². The van der Waals surface area contributed by atoms with Gasteiger partial charge in [0.2, 0.25) is 11.8 Å². The number of para-hydroxylation sites is 1. The van der Waals surface area contributed by atoms with Gasteiger partial charge in [0, 0.05) is 31.1 Å². The Labute approximate surface area is 154 Å². The molecule has 1 aliphatic rings. The van der Waals surface area contributed by atoms with Crippen LogP contribution in [0.2, 0.25) is 0 Å². The number of anilines is 1. The minimum atomic E-state index is -0.0337. The quantitative estimate of drug-likeness (QED) is 0.853. The summed E-state index contributed by atoms with van der Waals surface area (Å²) >= 11 is 0. The highest BCUT2D eigenvalue weighted by Gasteiger charge is 2.35. The van der Waals surface area contributed by atoms with Crippen LogP contribution >= 0.6 is 12.4 Å². The van der Waals surface area contributed by atoms with Crippen molar-refractivity contribution in [1.29, 1.82) is 0 Å². The standard InChI is InChI=1S/C18H24N4O2.ClH/c1-4-13-7-5-6-8-15(13)22-11-14(10-17(22)23)18-20-16(21-24-18)9-12(2)19-3;/h5-8,12,14,19H,4,9-11H2,1-3H3;1H. The first-order chi connectivity index (χ1) is 11.6. The third-order valence-corrected chi connectivity index (χ3v) is 4.60. The number of halogens is 1. The fourth-order valence-electron chi connectivity index (χ4n) is 3.07.